The van der Waals surface area contributed by atoms with Gasteiger partial charge in [0.1, 0.15) is 5.75 Å². The molecule has 33 heavy (non-hydrogen) atoms. The van der Waals surface area contributed by atoms with E-state index >= 15 is 0 Å². The standard InChI is InChI=1S/C27H37NO5/c1-3-5-7-9-16-32-24-18-21(19-25(27(24)31)33-17-10-8-6-4-2)14-15-26(30)28-22-12-11-13-23(29)20-22/h11-15,18-20,29,31H,3-10,16-17H2,1-2H3,(H,28,30)/b15-14+. The van der Waals surface area contributed by atoms with Crippen molar-refractivity contribution in [3.8, 4) is 23.0 Å². The molecular formula is C27H37NO5. The Balaban J connectivity index is 2.09. The van der Waals surface area contributed by atoms with E-state index in [-0.39, 0.29) is 17.4 Å². The zero-order valence-electron chi connectivity index (χ0n) is 19.8. The fourth-order valence-corrected chi connectivity index (χ4v) is 3.28. The maximum Gasteiger partial charge on any atom is 0.248 e. The molecule has 0 fully saturated rings. The SMILES string of the molecule is CCCCCCOc1cc(/C=C/C(=O)Nc2cccc(O)c2)cc(OCCCCCC)c1O. The lowest BCUT2D eigenvalue weighted by Crippen LogP contribution is -2.07. The summed E-state index contributed by atoms with van der Waals surface area (Å²) in [5, 5.41) is 22.9. The van der Waals surface area contributed by atoms with E-state index in [4.69, 9.17) is 9.47 Å². The Bertz CT molecular complexity index is 859. The molecule has 0 aromatic heterocycles. The second-order valence-electron chi connectivity index (χ2n) is 8.06. The highest BCUT2D eigenvalue weighted by Gasteiger charge is 2.12. The summed E-state index contributed by atoms with van der Waals surface area (Å²) in [5.74, 6) is 0.438. The largest absolute Gasteiger partial charge is 0.508 e. The van der Waals surface area contributed by atoms with E-state index in [0.29, 0.717) is 36.0 Å². The highest BCUT2D eigenvalue weighted by atomic mass is 16.5. The van der Waals surface area contributed by atoms with Crippen LogP contribution in [0, 0.1) is 0 Å². The Morgan fingerprint density at radius 1 is 0.879 bits per heavy atom. The molecule has 0 saturated heterocycles. The lowest BCUT2D eigenvalue weighted by Gasteiger charge is -2.14. The average molecular weight is 456 g/mol. The van der Waals surface area contributed by atoms with Gasteiger partial charge in [-0.05, 0) is 48.7 Å². The number of ether oxygens (including phenoxy) is 2. The van der Waals surface area contributed by atoms with E-state index < -0.39 is 0 Å². The Morgan fingerprint density at radius 2 is 1.48 bits per heavy atom. The van der Waals surface area contributed by atoms with E-state index in [1.165, 1.54) is 18.2 Å². The Morgan fingerprint density at radius 3 is 2.03 bits per heavy atom. The Kier molecular flexibility index (Phi) is 11.7. The smallest absolute Gasteiger partial charge is 0.248 e. The number of unbranched alkanes of at least 4 members (excludes halogenated alkanes) is 6. The van der Waals surface area contributed by atoms with Crippen LogP contribution >= 0.6 is 0 Å². The maximum atomic E-state index is 12.3. The second-order valence-corrected chi connectivity index (χ2v) is 8.06. The number of carbonyl (C=O) groups is 1. The lowest BCUT2D eigenvalue weighted by molar-refractivity contribution is -0.111. The number of aromatic hydroxyl groups is 2. The molecule has 0 heterocycles. The van der Waals surface area contributed by atoms with Gasteiger partial charge in [-0.1, -0.05) is 58.4 Å². The van der Waals surface area contributed by atoms with Gasteiger partial charge in [0.05, 0.1) is 13.2 Å². The van der Waals surface area contributed by atoms with Crippen molar-refractivity contribution in [1.29, 1.82) is 0 Å². The van der Waals surface area contributed by atoms with Gasteiger partial charge in [0.15, 0.2) is 11.5 Å². The third kappa shape index (κ3) is 9.89. The first-order chi connectivity index (χ1) is 16.0. The molecule has 0 saturated carbocycles. The number of anilines is 1. The normalized spacial score (nSPS) is 11.0. The van der Waals surface area contributed by atoms with Crippen molar-refractivity contribution in [3.63, 3.8) is 0 Å². The van der Waals surface area contributed by atoms with Crippen LogP contribution < -0.4 is 14.8 Å². The topological polar surface area (TPSA) is 88.0 Å². The summed E-state index contributed by atoms with van der Waals surface area (Å²) >= 11 is 0. The highest BCUT2D eigenvalue weighted by molar-refractivity contribution is 6.02. The van der Waals surface area contributed by atoms with Crippen molar-refractivity contribution in [3.05, 3.63) is 48.0 Å². The molecule has 3 N–H and O–H groups in total. The molecule has 0 atom stereocenters. The monoisotopic (exact) mass is 455 g/mol. The zero-order valence-corrected chi connectivity index (χ0v) is 19.8. The van der Waals surface area contributed by atoms with Gasteiger partial charge >= 0.3 is 0 Å². The molecule has 0 aliphatic carbocycles. The quantitative estimate of drug-likeness (QED) is 0.206. The molecule has 0 bridgehead atoms. The number of hydrogen-bond donors (Lipinski definition) is 3. The molecule has 0 aliphatic rings. The number of nitrogens with one attached hydrogen (secondary N) is 1. The minimum absolute atomic E-state index is 0.0117. The third-order valence-electron chi connectivity index (χ3n) is 5.11. The molecule has 180 valence electrons. The first-order valence-corrected chi connectivity index (χ1v) is 11.9. The predicted octanol–water partition coefficient (Wildman–Crippen LogP) is 6.67. The number of phenols is 2. The van der Waals surface area contributed by atoms with Crippen molar-refractivity contribution < 1.29 is 24.5 Å². The molecule has 6 heteroatoms. The molecule has 0 unspecified atom stereocenters. The fraction of sp³-hybridized carbons (Fsp3) is 0.444. The van der Waals surface area contributed by atoms with Crippen LogP contribution in [0.2, 0.25) is 0 Å². The summed E-state index contributed by atoms with van der Waals surface area (Å²) < 4.78 is 11.7. The van der Waals surface area contributed by atoms with E-state index in [0.717, 1.165) is 51.4 Å². The summed E-state index contributed by atoms with van der Waals surface area (Å²) in [6.07, 6.45) is 11.6. The van der Waals surface area contributed by atoms with Gasteiger partial charge in [-0.3, -0.25) is 4.79 Å². The first-order valence-electron chi connectivity index (χ1n) is 11.9. The van der Waals surface area contributed by atoms with Gasteiger partial charge in [0, 0.05) is 17.8 Å². The number of hydrogen-bond acceptors (Lipinski definition) is 5. The van der Waals surface area contributed by atoms with Crippen molar-refractivity contribution in [2.45, 2.75) is 65.2 Å². The fourth-order valence-electron chi connectivity index (χ4n) is 3.28. The number of benzene rings is 2. The minimum atomic E-state index is -0.335. The van der Waals surface area contributed by atoms with Crippen LogP contribution in [0.3, 0.4) is 0 Å². The van der Waals surface area contributed by atoms with E-state index in [2.05, 4.69) is 19.2 Å². The molecule has 2 aromatic rings. The Hall–Kier alpha value is -3.15. The Labute approximate surface area is 197 Å². The van der Waals surface area contributed by atoms with Gasteiger partial charge < -0.3 is 25.0 Å². The third-order valence-corrected chi connectivity index (χ3v) is 5.11. The number of rotatable bonds is 15. The summed E-state index contributed by atoms with van der Waals surface area (Å²) in [5.41, 5.74) is 1.19. The van der Waals surface area contributed by atoms with Crippen LogP contribution in [-0.2, 0) is 4.79 Å². The van der Waals surface area contributed by atoms with Crippen LogP contribution in [-0.4, -0.2) is 29.3 Å². The molecule has 0 aliphatic heterocycles. The lowest BCUT2D eigenvalue weighted by atomic mass is 10.1. The summed E-state index contributed by atoms with van der Waals surface area (Å²) in [4.78, 5) is 12.3. The minimum Gasteiger partial charge on any atom is -0.508 e. The number of carbonyl (C=O) groups excluding carboxylic acids is 1. The summed E-state index contributed by atoms with van der Waals surface area (Å²) in [6.45, 7) is 5.33. The van der Waals surface area contributed by atoms with Crippen LogP contribution in [0.5, 0.6) is 23.0 Å². The molecule has 0 spiro atoms. The van der Waals surface area contributed by atoms with E-state index in [1.54, 1.807) is 30.3 Å². The van der Waals surface area contributed by atoms with Crippen LogP contribution in [0.25, 0.3) is 6.08 Å². The number of phenolic OH excluding ortho intramolecular Hbond substituents is 2. The van der Waals surface area contributed by atoms with Gasteiger partial charge in [-0.25, -0.2) is 0 Å². The van der Waals surface area contributed by atoms with Gasteiger partial charge in [-0.2, -0.15) is 0 Å². The molecule has 1 amide bonds. The van der Waals surface area contributed by atoms with Gasteiger partial charge in [0.2, 0.25) is 11.7 Å². The van der Waals surface area contributed by atoms with Gasteiger partial charge in [0.25, 0.3) is 0 Å². The number of amides is 1. The molecule has 2 aromatic carbocycles. The van der Waals surface area contributed by atoms with Crippen molar-refractivity contribution in [1.82, 2.24) is 0 Å². The molecule has 2 rings (SSSR count). The van der Waals surface area contributed by atoms with Crippen molar-refractivity contribution >= 4 is 17.7 Å². The molecule has 6 nitrogen and oxygen atoms in total. The average Bonchev–Trinajstić information content (AvgIpc) is 2.79. The highest BCUT2D eigenvalue weighted by Crippen LogP contribution is 2.38. The predicted molar refractivity (Wildman–Crippen MR) is 133 cm³/mol. The van der Waals surface area contributed by atoms with Crippen molar-refractivity contribution in [2.24, 2.45) is 0 Å². The molecular weight excluding hydrogens is 418 g/mol. The van der Waals surface area contributed by atoms with E-state index in [1.807, 2.05) is 0 Å². The summed E-state index contributed by atoms with van der Waals surface area (Å²) in [6, 6.07) is 9.77. The molecule has 0 radical (unpaired) electrons. The van der Waals surface area contributed by atoms with E-state index in [9.17, 15) is 15.0 Å². The van der Waals surface area contributed by atoms with Crippen LogP contribution in [0.15, 0.2) is 42.5 Å². The first kappa shape index (κ1) is 26.1. The van der Waals surface area contributed by atoms with Crippen LogP contribution in [0.4, 0.5) is 5.69 Å². The van der Waals surface area contributed by atoms with Crippen LogP contribution in [0.1, 0.15) is 70.8 Å². The maximum absolute atomic E-state index is 12.3. The summed E-state index contributed by atoms with van der Waals surface area (Å²) in [7, 11) is 0. The van der Waals surface area contributed by atoms with Crippen molar-refractivity contribution in [2.75, 3.05) is 18.5 Å². The second kappa shape index (κ2) is 14.8. The zero-order chi connectivity index (χ0) is 23.9. The van der Waals surface area contributed by atoms with Gasteiger partial charge in [-0.15, -0.1) is 0 Å².